The van der Waals surface area contributed by atoms with Gasteiger partial charge in [0.1, 0.15) is 10.7 Å². The number of ketones is 1. The second kappa shape index (κ2) is 4.88. The second-order valence-electron chi connectivity index (χ2n) is 3.53. The van der Waals surface area contributed by atoms with Gasteiger partial charge in [-0.2, -0.15) is 12.6 Å². The smallest absolute Gasteiger partial charge is 0.186 e. The van der Waals surface area contributed by atoms with Crippen LogP contribution in [-0.4, -0.2) is 34.6 Å². The molecule has 1 saturated heterocycles. The van der Waals surface area contributed by atoms with Crippen molar-refractivity contribution in [1.82, 2.24) is 0 Å². The van der Waals surface area contributed by atoms with Crippen LogP contribution in [0.3, 0.4) is 0 Å². The zero-order valence-electron chi connectivity index (χ0n) is 8.65. The van der Waals surface area contributed by atoms with Gasteiger partial charge in [-0.15, -0.1) is 11.8 Å². The van der Waals surface area contributed by atoms with Crippen LogP contribution in [0.1, 0.15) is 20.8 Å². The first kappa shape index (κ1) is 12.4. The number of hydrogen-bond donors (Lipinski definition) is 1. The molecule has 0 bridgehead atoms. The van der Waals surface area contributed by atoms with Crippen LogP contribution < -0.4 is 0 Å². The molecule has 1 aliphatic heterocycles. The zero-order valence-corrected chi connectivity index (χ0v) is 10.4. The Hall–Kier alpha value is 0.290. The van der Waals surface area contributed by atoms with Gasteiger partial charge in [0.25, 0.3) is 0 Å². The monoisotopic (exact) mass is 236 g/mol. The van der Waals surface area contributed by atoms with E-state index in [2.05, 4.69) is 12.6 Å². The van der Waals surface area contributed by atoms with Gasteiger partial charge in [-0.1, -0.05) is 6.92 Å². The summed E-state index contributed by atoms with van der Waals surface area (Å²) in [4.78, 5) is 11.7. The lowest BCUT2D eigenvalue weighted by Gasteiger charge is -2.17. The number of rotatable bonds is 4. The van der Waals surface area contributed by atoms with Crippen molar-refractivity contribution in [3.63, 3.8) is 0 Å². The number of Topliss-reactive ketones (excluding diaryl/α,β-unsaturated/α-hetero) is 1. The summed E-state index contributed by atoms with van der Waals surface area (Å²) in [6, 6.07) is 0. The quantitative estimate of drug-likeness (QED) is 0.595. The van der Waals surface area contributed by atoms with E-state index in [0.717, 1.165) is 5.75 Å². The topological polar surface area (TPSA) is 35.5 Å². The Balaban J connectivity index is 2.47. The average molecular weight is 236 g/mol. The number of hydrogen-bond acceptors (Lipinski definition) is 5. The summed E-state index contributed by atoms with van der Waals surface area (Å²) >= 11 is 5.72. The van der Waals surface area contributed by atoms with Gasteiger partial charge in [0.05, 0.1) is 6.61 Å². The second-order valence-corrected chi connectivity index (χ2v) is 5.78. The minimum Gasteiger partial charge on any atom is -0.347 e. The third kappa shape index (κ3) is 3.15. The van der Waals surface area contributed by atoms with E-state index in [1.54, 1.807) is 13.8 Å². The summed E-state index contributed by atoms with van der Waals surface area (Å²) in [7, 11) is 0. The van der Waals surface area contributed by atoms with Crippen LogP contribution in [0.4, 0.5) is 0 Å². The molecule has 0 aromatic rings. The standard InChI is InChI=1S/C9H16O3S2/c1-4-14-8(13)7(10)6-5-11-9(2,3)12-6/h6,8,13H,4-5H2,1-3H3/t6-,8?/m1/s1. The average Bonchev–Trinajstić information content (AvgIpc) is 2.45. The molecule has 0 amide bonds. The third-order valence-corrected chi connectivity index (χ3v) is 3.48. The fraction of sp³-hybridized carbons (Fsp3) is 0.889. The molecular formula is C9H16O3S2. The maximum absolute atomic E-state index is 11.7. The van der Waals surface area contributed by atoms with Crippen LogP contribution in [0, 0.1) is 0 Å². The lowest BCUT2D eigenvalue weighted by molar-refractivity contribution is -0.150. The summed E-state index contributed by atoms with van der Waals surface area (Å²) < 4.78 is 10.5. The van der Waals surface area contributed by atoms with Crippen molar-refractivity contribution in [3.8, 4) is 0 Å². The van der Waals surface area contributed by atoms with E-state index in [9.17, 15) is 4.79 Å². The highest BCUT2D eigenvalue weighted by Gasteiger charge is 2.38. The van der Waals surface area contributed by atoms with E-state index >= 15 is 0 Å². The largest absolute Gasteiger partial charge is 0.347 e. The van der Waals surface area contributed by atoms with E-state index in [4.69, 9.17) is 9.47 Å². The maximum Gasteiger partial charge on any atom is 0.186 e. The molecule has 0 spiro atoms. The molecule has 1 aliphatic rings. The SMILES string of the molecule is CCSC(S)C(=O)[C@H]1COC(C)(C)O1. The number of carbonyl (C=O) groups is 1. The van der Waals surface area contributed by atoms with E-state index in [1.807, 2.05) is 6.92 Å². The molecule has 0 radical (unpaired) electrons. The van der Waals surface area contributed by atoms with Gasteiger partial charge in [-0.25, -0.2) is 0 Å². The van der Waals surface area contributed by atoms with Crippen LogP contribution in [0.5, 0.6) is 0 Å². The number of carbonyl (C=O) groups excluding carboxylic acids is 1. The summed E-state index contributed by atoms with van der Waals surface area (Å²) in [6.45, 7) is 5.95. The number of thioether (sulfide) groups is 1. The van der Waals surface area contributed by atoms with E-state index in [-0.39, 0.29) is 10.4 Å². The molecule has 0 aliphatic carbocycles. The fourth-order valence-electron chi connectivity index (χ4n) is 1.23. The van der Waals surface area contributed by atoms with Crippen molar-refractivity contribution in [2.24, 2.45) is 0 Å². The molecule has 0 aromatic carbocycles. The van der Waals surface area contributed by atoms with Crippen LogP contribution in [0.15, 0.2) is 0 Å². The predicted molar refractivity (Wildman–Crippen MR) is 60.8 cm³/mol. The van der Waals surface area contributed by atoms with Crippen LogP contribution in [0.2, 0.25) is 0 Å². The highest BCUT2D eigenvalue weighted by Crippen LogP contribution is 2.26. The highest BCUT2D eigenvalue weighted by molar-refractivity contribution is 8.11. The van der Waals surface area contributed by atoms with E-state index < -0.39 is 11.9 Å². The fourth-order valence-corrected chi connectivity index (χ4v) is 2.47. The molecule has 1 rings (SSSR count). The molecule has 0 N–H and O–H groups in total. The molecular weight excluding hydrogens is 220 g/mol. The third-order valence-electron chi connectivity index (χ3n) is 1.89. The summed E-state index contributed by atoms with van der Waals surface area (Å²) in [5.74, 6) is 0.243. The van der Waals surface area contributed by atoms with Crippen LogP contribution >= 0.6 is 24.4 Å². The molecule has 3 nitrogen and oxygen atoms in total. The molecule has 1 fully saturated rings. The first-order chi connectivity index (χ1) is 6.46. The van der Waals surface area contributed by atoms with Gasteiger partial charge < -0.3 is 9.47 Å². The molecule has 1 heterocycles. The van der Waals surface area contributed by atoms with Crippen molar-refractivity contribution in [2.45, 2.75) is 37.2 Å². The zero-order chi connectivity index (χ0) is 10.8. The van der Waals surface area contributed by atoms with E-state index in [0.29, 0.717) is 6.61 Å². The number of thiol groups is 1. The molecule has 5 heteroatoms. The Morgan fingerprint density at radius 2 is 2.36 bits per heavy atom. The van der Waals surface area contributed by atoms with Crippen molar-refractivity contribution in [1.29, 1.82) is 0 Å². The van der Waals surface area contributed by atoms with Crippen molar-refractivity contribution in [2.75, 3.05) is 12.4 Å². The van der Waals surface area contributed by atoms with Gasteiger partial charge in [0.2, 0.25) is 0 Å². The van der Waals surface area contributed by atoms with E-state index in [1.165, 1.54) is 11.8 Å². The first-order valence-electron chi connectivity index (χ1n) is 4.61. The molecule has 14 heavy (non-hydrogen) atoms. The number of ether oxygens (including phenoxy) is 2. The molecule has 0 aromatic heterocycles. The van der Waals surface area contributed by atoms with Gasteiger partial charge in [0, 0.05) is 0 Å². The minimum absolute atomic E-state index is 0.00533. The molecule has 1 unspecified atom stereocenters. The summed E-state index contributed by atoms with van der Waals surface area (Å²) in [6.07, 6.45) is -0.452. The Labute approximate surface area is 94.3 Å². The lowest BCUT2D eigenvalue weighted by Crippen LogP contribution is -2.31. The van der Waals surface area contributed by atoms with Gasteiger partial charge in [-0.3, -0.25) is 4.79 Å². The van der Waals surface area contributed by atoms with Gasteiger partial charge >= 0.3 is 0 Å². The van der Waals surface area contributed by atoms with Gasteiger partial charge in [0.15, 0.2) is 11.6 Å². The highest BCUT2D eigenvalue weighted by atomic mass is 32.2. The minimum atomic E-state index is -0.634. The summed E-state index contributed by atoms with van der Waals surface area (Å²) in [5.41, 5.74) is 0. The molecule has 2 atom stereocenters. The maximum atomic E-state index is 11.7. The Kier molecular flexibility index (Phi) is 4.30. The molecule has 82 valence electrons. The normalized spacial score (nSPS) is 27.6. The Morgan fingerprint density at radius 3 is 2.79 bits per heavy atom. The Bertz CT molecular complexity index is 218. The molecule has 0 saturated carbocycles. The van der Waals surface area contributed by atoms with Crippen molar-refractivity contribution < 1.29 is 14.3 Å². The van der Waals surface area contributed by atoms with Crippen LogP contribution in [-0.2, 0) is 14.3 Å². The van der Waals surface area contributed by atoms with Crippen LogP contribution in [0.25, 0.3) is 0 Å². The first-order valence-corrected chi connectivity index (χ1v) is 6.18. The van der Waals surface area contributed by atoms with Gasteiger partial charge in [-0.05, 0) is 19.6 Å². The van der Waals surface area contributed by atoms with Crippen molar-refractivity contribution >= 4 is 30.2 Å². The Morgan fingerprint density at radius 1 is 1.71 bits per heavy atom. The van der Waals surface area contributed by atoms with Crippen molar-refractivity contribution in [3.05, 3.63) is 0 Å². The summed E-state index contributed by atoms with van der Waals surface area (Å²) in [5, 5.41) is 0. The lowest BCUT2D eigenvalue weighted by atomic mass is 10.3. The predicted octanol–water partition coefficient (Wildman–Crippen LogP) is 1.72.